The third kappa shape index (κ3) is 5.99. The van der Waals surface area contributed by atoms with Gasteiger partial charge in [-0.3, -0.25) is 9.59 Å². The smallest absolute Gasteiger partial charge is 0.172 e. The van der Waals surface area contributed by atoms with E-state index in [1.165, 1.54) is 6.92 Å². The molecule has 0 aromatic heterocycles. The molecule has 0 aliphatic carbocycles. The lowest BCUT2D eigenvalue weighted by atomic mass is 9.72. The number of carbonyl (C=O) groups is 2. The molecule has 5 nitrogen and oxygen atoms in total. The van der Waals surface area contributed by atoms with Crippen LogP contribution in [-0.4, -0.2) is 40.1 Å². The van der Waals surface area contributed by atoms with Crippen molar-refractivity contribution in [3.05, 3.63) is 102 Å². The minimum absolute atomic E-state index is 0.0365. The average molecular weight is 461 g/mol. The molecule has 0 saturated carbocycles. The van der Waals surface area contributed by atoms with E-state index in [9.17, 15) is 19.8 Å². The molecule has 0 aliphatic heterocycles. The molecule has 0 fully saturated rings. The molecular formula is C29H32O5. The van der Waals surface area contributed by atoms with Crippen molar-refractivity contribution < 1.29 is 24.5 Å². The van der Waals surface area contributed by atoms with Crippen LogP contribution in [0.2, 0.25) is 0 Å². The van der Waals surface area contributed by atoms with Gasteiger partial charge < -0.3 is 14.9 Å². The van der Waals surface area contributed by atoms with Gasteiger partial charge in [0.2, 0.25) is 0 Å². The summed E-state index contributed by atoms with van der Waals surface area (Å²) in [6.07, 6.45) is 0.904. The zero-order valence-electron chi connectivity index (χ0n) is 19.7. The summed E-state index contributed by atoms with van der Waals surface area (Å²) >= 11 is 0. The van der Waals surface area contributed by atoms with Gasteiger partial charge in [0.05, 0.1) is 7.11 Å². The summed E-state index contributed by atoms with van der Waals surface area (Å²) in [7, 11) is 1.60. The third-order valence-electron chi connectivity index (χ3n) is 6.35. The number of ketones is 2. The number of ether oxygens (including phenoxy) is 1. The highest BCUT2D eigenvalue weighted by Crippen LogP contribution is 2.31. The summed E-state index contributed by atoms with van der Waals surface area (Å²) in [4.78, 5) is 26.5. The largest absolute Gasteiger partial charge is 0.497 e. The second-order valence-electron chi connectivity index (χ2n) is 8.81. The lowest BCUT2D eigenvalue weighted by Gasteiger charge is -2.39. The first-order chi connectivity index (χ1) is 16.3. The maximum atomic E-state index is 13.4. The number of aliphatic hydroxyl groups is 2. The Balaban J connectivity index is 1.77. The summed E-state index contributed by atoms with van der Waals surface area (Å²) in [6, 6.07) is 25.5. The van der Waals surface area contributed by atoms with Crippen LogP contribution < -0.4 is 4.74 Å². The maximum absolute atomic E-state index is 13.4. The molecule has 3 aromatic rings. The number of Topliss-reactive ketones (excluding diaryl/α,β-unsaturated/α-hetero) is 2. The van der Waals surface area contributed by atoms with Crippen molar-refractivity contribution in [2.45, 2.75) is 50.2 Å². The molecule has 3 rings (SSSR count). The van der Waals surface area contributed by atoms with Crippen molar-refractivity contribution in [3.63, 3.8) is 0 Å². The molecule has 2 N–H and O–H groups in total. The predicted molar refractivity (Wildman–Crippen MR) is 132 cm³/mol. The second-order valence-corrected chi connectivity index (χ2v) is 8.81. The van der Waals surface area contributed by atoms with Crippen LogP contribution in [0.25, 0.3) is 0 Å². The maximum Gasteiger partial charge on any atom is 0.172 e. The van der Waals surface area contributed by atoms with Gasteiger partial charge in [-0.2, -0.15) is 0 Å². The Hall–Kier alpha value is -3.28. The van der Waals surface area contributed by atoms with Crippen molar-refractivity contribution in [3.8, 4) is 5.75 Å². The van der Waals surface area contributed by atoms with Crippen LogP contribution in [-0.2, 0) is 28.9 Å². The summed E-state index contributed by atoms with van der Waals surface area (Å²) in [6.45, 7) is 1.26. The van der Waals surface area contributed by atoms with Gasteiger partial charge in [0.25, 0.3) is 0 Å². The Morgan fingerprint density at radius 2 is 1.32 bits per heavy atom. The number of carbonyl (C=O) groups excluding carboxylic acids is 2. The van der Waals surface area contributed by atoms with Gasteiger partial charge in [-0.25, -0.2) is 0 Å². The van der Waals surface area contributed by atoms with E-state index in [-0.39, 0.29) is 19.3 Å². The van der Waals surface area contributed by atoms with Crippen LogP contribution in [0.1, 0.15) is 36.5 Å². The van der Waals surface area contributed by atoms with Gasteiger partial charge in [0.15, 0.2) is 22.8 Å². The quantitative estimate of drug-likeness (QED) is 0.425. The van der Waals surface area contributed by atoms with Crippen LogP contribution in [0.3, 0.4) is 0 Å². The summed E-state index contributed by atoms with van der Waals surface area (Å²) in [5, 5.41) is 23.0. The van der Waals surface area contributed by atoms with Crippen LogP contribution >= 0.6 is 0 Å². The summed E-state index contributed by atoms with van der Waals surface area (Å²) in [5.41, 5.74) is -2.09. The molecule has 0 spiro atoms. The van der Waals surface area contributed by atoms with Gasteiger partial charge >= 0.3 is 0 Å². The number of rotatable bonds is 12. The molecule has 0 amide bonds. The minimum atomic E-state index is -2.26. The molecule has 0 saturated heterocycles. The molecule has 0 bridgehead atoms. The lowest BCUT2D eigenvalue weighted by molar-refractivity contribution is -0.178. The molecule has 0 aliphatic rings. The SMILES string of the molecule is COc1ccc(CCCC(=O)C(C)(O)C(O)(Cc2ccccc2)C(=O)Cc2ccccc2)cc1. The van der Waals surface area contributed by atoms with E-state index in [4.69, 9.17) is 4.74 Å². The highest BCUT2D eigenvalue weighted by molar-refractivity contribution is 5.99. The van der Waals surface area contributed by atoms with E-state index in [0.717, 1.165) is 11.3 Å². The fourth-order valence-corrected chi connectivity index (χ4v) is 4.08. The van der Waals surface area contributed by atoms with E-state index < -0.39 is 22.8 Å². The Bertz CT molecular complexity index is 1070. The Morgan fingerprint density at radius 1 is 0.765 bits per heavy atom. The third-order valence-corrected chi connectivity index (χ3v) is 6.35. The molecule has 34 heavy (non-hydrogen) atoms. The van der Waals surface area contributed by atoms with Gasteiger partial charge in [-0.05, 0) is 48.6 Å². The van der Waals surface area contributed by atoms with Crippen LogP contribution in [0.5, 0.6) is 5.75 Å². The minimum Gasteiger partial charge on any atom is -0.497 e. The van der Waals surface area contributed by atoms with Crippen LogP contribution in [0, 0.1) is 0 Å². The summed E-state index contributed by atoms with van der Waals surface area (Å²) in [5.74, 6) is -0.387. The lowest BCUT2D eigenvalue weighted by Crippen LogP contribution is -2.63. The monoisotopic (exact) mass is 460 g/mol. The number of methoxy groups -OCH3 is 1. The van der Waals surface area contributed by atoms with Crippen molar-refractivity contribution in [1.29, 1.82) is 0 Å². The highest BCUT2D eigenvalue weighted by atomic mass is 16.5. The number of benzene rings is 3. The Morgan fingerprint density at radius 3 is 1.88 bits per heavy atom. The van der Waals surface area contributed by atoms with E-state index in [1.807, 2.05) is 36.4 Å². The first kappa shape index (κ1) is 25.3. The molecular weight excluding hydrogens is 428 g/mol. The second kappa shape index (κ2) is 11.2. The topological polar surface area (TPSA) is 83.8 Å². The standard InChI is InChI=1S/C29H32O5/c1-28(32,26(30)15-9-14-22-16-18-25(34-2)19-17-22)29(33,21-24-12-7-4-8-13-24)27(31)20-23-10-5-3-6-11-23/h3-8,10-13,16-19,32-33H,9,14-15,20-21H2,1-2H3. The molecule has 2 unspecified atom stereocenters. The van der Waals surface area contributed by atoms with E-state index in [0.29, 0.717) is 24.0 Å². The molecule has 0 heterocycles. The van der Waals surface area contributed by atoms with Crippen molar-refractivity contribution in [2.75, 3.05) is 7.11 Å². The molecule has 178 valence electrons. The fourth-order valence-electron chi connectivity index (χ4n) is 4.08. The van der Waals surface area contributed by atoms with Crippen molar-refractivity contribution in [2.24, 2.45) is 0 Å². The predicted octanol–water partition coefficient (Wildman–Crippen LogP) is 4.12. The molecule has 3 aromatic carbocycles. The fraction of sp³-hybridized carbons (Fsp3) is 0.310. The zero-order valence-corrected chi connectivity index (χ0v) is 19.7. The van der Waals surface area contributed by atoms with Crippen LogP contribution in [0.4, 0.5) is 0 Å². The Labute approximate surface area is 201 Å². The van der Waals surface area contributed by atoms with Gasteiger partial charge in [0.1, 0.15) is 5.75 Å². The average Bonchev–Trinajstić information content (AvgIpc) is 2.85. The van der Waals surface area contributed by atoms with Crippen LogP contribution in [0.15, 0.2) is 84.9 Å². The zero-order chi connectivity index (χ0) is 24.6. The summed E-state index contributed by atoms with van der Waals surface area (Å²) < 4.78 is 5.16. The van der Waals surface area contributed by atoms with E-state index >= 15 is 0 Å². The first-order valence-corrected chi connectivity index (χ1v) is 11.5. The van der Waals surface area contributed by atoms with Gasteiger partial charge in [-0.15, -0.1) is 0 Å². The van der Waals surface area contributed by atoms with Gasteiger partial charge in [0, 0.05) is 19.3 Å². The van der Waals surface area contributed by atoms with Crippen molar-refractivity contribution in [1.82, 2.24) is 0 Å². The van der Waals surface area contributed by atoms with E-state index in [2.05, 4.69) is 0 Å². The number of aryl methyl sites for hydroxylation is 1. The highest BCUT2D eigenvalue weighted by Gasteiger charge is 2.55. The van der Waals surface area contributed by atoms with E-state index in [1.54, 1.807) is 55.6 Å². The first-order valence-electron chi connectivity index (χ1n) is 11.5. The number of hydrogen-bond donors (Lipinski definition) is 2. The van der Waals surface area contributed by atoms with Gasteiger partial charge in [-0.1, -0.05) is 72.8 Å². The number of hydrogen-bond acceptors (Lipinski definition) is 5. The Kier molecular flexibility index (Phi) is 8.37. The molecule has 0 radical (unpaired) electrons. The normalized spacial score (nSPS) is 14.6. The molecule has 5 heteroatoms. The van der Waals surface area contributed by atoms with Crippen molar-refractivity contribution >= 4 is 11.6 Å². The molecule has 2 atom stereocenters.